The maximum Gasteiger partial charge on any atom is 0.292 e. The van der Waals surface area contributed by atoms with Gasteiger partial charge in [0.05, 0.1) is 12.5 Å². The molecule has 0 aliphatic heterocycles. The van der Waals surface area contributed by atoms with Crippen molar-refractivity contribution in [2.75, 3.05) is 7.11 Å². The summed E-state index contributed by atoms with van der Waals surface area (Å²) in [5.41, 5.74) is 4.50. The fourth-order valence-corrected chi connectivity index (χ4v) is 2.99. The van der Waals surface area contributed by atoms with E-state index in [1.54, 1.807) is 31.4 Å². The largest absolute Gasteiger partial charge is 0.497 e. The summed E-state index contributed by atoms with van der Waals surface area (Å²) in [4.78, 5) is 25.1. The molecule has 1 amide bonds. The number of hydrazone groups is 1. The van der Waals surface area contributed by atoms with Crippen molar-refractivity contribution in [3.63, 3.8) is 0 Å². The number of rotatable bonds is 7. The molecule has 0 aliphatic carbocycles. The van der Waals surface area contributed by atoms with Gasteiger partial charge >= 0.3 is 0 Å². The first-order valence-electron chi connectivity index (χ1n) is 9.49. The second-order valence-electron chi connectivity index (χ2n) is 6.65. The number of carbonyl (C=O) groups is 1. The Hall–Kier alpha value is -3.48. The fourth-order valence-electron chi connectivity index (χ4n) is 2.99. The molecule has 29 heavy (non-hydrogen) atoms. The lowest BCUT2D eigenvalue weighted by atomic mass is 10.1. The van der Waals surface area contributed by atoms with E-state index in [1.165, 1.54) is 4.68 Å². The van der Waals surface area contributed by atoms with Crippen molar-refractivity contribution < 1.29 is 9.53 Å². The zero-order valence-corrected chi connectivity index (χ0v) is 16.8. The van der Waals surface area contributed by atoms with Gasteiger partial charge in [0.1, 0.15) is 5.75 Å². The van der Waals surface area contributed by atoms with E-state index >= 15 is 0 Å². The molecule has 7 heteroatoms. The molecule has 2 aromatic carbocycles. The molecule has 0 atom stereocenters. The number of aryl methyl sites for hydroxylation is 2. The normalized spacial score (nSPS) is 11.5. The first-order chi connectivity index (χ1) is 14.0. The van der Waals surface area contributed by atoms with Crippen molar-refractivity contribution in [1.29, 1.82) is 0 Å². The van der Waals surface area contributed by atoms with Gasteiger partial charge in [-0.25, -0.2) is 10.1 Å². The van der Waals surface area contributed by atoms with E-state index in [1.807, 2.05) is 38.1 Å². The number of amides is 1. The molecule has 3 aromatic rings. The number of nitrogens with zero attached hydrogens (tertiary/aromatic N) is 3. The van der Waals surface area contributed by atoms with Gasteiger partial charge in [0.2, 0.25) is 0 Å². The summed E-state index contributed by atoms with van der Waals surface area (Å²) < 4.78 is 6.45. The SMILES string of the molecule is CCn1nc(C(=O)N/N=C(/C)CCc2ccc(OC)cc2)c2ccccc2c1=O. The van der Waals surface area contributed by atoms with Gasteiger partial charge < -0.3 is 4.74 Å². The predicted molar refractivity (Wildman–Crippen MR) is 114 cm³/mol. The Morgan fingerprint density at radius 2 is 1.83 bits per heavy atom. The van der Waals surface area contributed by atoms with Gasteiger partial charge in [0.25, 0.3) is 11.5 Å². The Bertz CT molecular complexity index is 1100. The minimum atomic E-state index is -0.438. The molecule has 1 heterocycles. The smallest absolute Gasteiger partial charge is 0.292 e. The first kappa shape index (κ1) is 20.3. The minimum absolute atomic E-state index is 0.189. The van der Waals surface area contributed by atoms with E-state index in [9.17, 15) is 9.59 Å². The summed E-state index contributed by atoms with van der Waals surface area (Å²) in [5, 5.41) is 9.40. The van der Waals surface area contributed by atoms with Crippen molar-refractivity contribution in [2.45, 2.75) is 33.2 Å². The number of nitrogens with one attached hydrogen (secondary N) is 1. The maximum absolute atomic E-state index is 12.7. The van der Waals surface area contributed by atoms with Crippen LogP contribution in [0.4, 0.5) is 0 Å². The van der Waals surface area contributed by atoms with Crippen LogP contribution < -0.4 is 15.7 Å². The quantitative estimate of drug-likeness (QED) is 0.494. The van der Waals surface area contributed by atoms with Crippen LogP contribution in [0.5, 0.6) is 5.75 Å². The number of hydrogen-bond donors (Lipinski definition) is 1. The van der Waals surface area contributed by atoms with Crippen LogP contribution in [0.1, 0.15) is 36.3 Å². The number of ether oxygens (including phenoxy) is 1. The number of fused-ring (bicyclic) bond motifs is 1. The van der Waals surface area contributed by atoms with Crippen molar-refractivity contribution in [3.05, 3.63) is 70.1 Å². The Morgan fingerprint density at radius 1 is 1.14 bits per heavy atom. The van der Waals surface area contributed by atoms with E-state index < -0.39 is 5.91 Å². The molecule has 150 valence electrons. The number of benzene rings is 2. The minimum Gasteiger partial charge on any atom is -0.497 e. The lowest BCUT2D eigenvalue weighted by Gasteiger charge is -2.09. The van der Waals surface area contributed by atoms with Gasteiger partial charge in [-0.15, -0.1) is 0 Å². The topological polar surface area (TPSA) is 85.6 Å². The van der Waals surface area contributed by atoms with E-state index in [4.69, 9.17) is 4.74 Å². The molecule has 7 nitrogen and oxygen atoms in total. The molecular formula is C22H24N4O3. The summed E-state index contributed by atoms with van der Waals surface area (Å²) in [6, 6.07) is 14.8. The number of aromatic nitrogens is 2. The third-order valence-electron chi connectivity index (χ3n) is 4.67. The standard InChI is InChI=1S/C22H24N4O3/c1-4-26-22(28)19-8-6-5-7-18(19)20(25-26)21(27)24-23-15(2)9-10-16-11-13-17(29-3)14-12-16/h5-8,11-14H,4,9-10H2,1-3H3,(H,24,27)/b23-15-. The summed E-state index contributed by atoms with van der Waals surface area (Å²) in [7, 11) is 1.64. The number of carbonyl (C=O) groups excluding carboxylic acids is 1. The fraction of sp³-hybridized carbons (Fsp3) is 0.273. The van der Waals surface area contributed by atoms with Gasteiger partial charge in [-0.05, 0) is 50.5 Å². The van der Waals surface area contributed by atoms with E-state index in [2.05, 4.69) is 15.6 Å². The highest BCUT2D eigenvalue weighted by molar-refractivity contribution is 6.05. The molecule has 1 aromatic heterocycles. The van der Waals surface area contributed by atoms with Gasteiger partial charge in [-0.1, -0.05) is 30.3 Å². The second-order valence-corrected chi connectivity index (χ2v) is 6.65. The third kappa shape index (κ3) is 4.68. The van der Waals surface area contributed by atoms with Crippen LogP contribution in [-0.4, -0.2) is 28.5 Å². The molecule has 0 aliphatic rings. The zero-order chi connectivity index (χ0) is 20.8. The molecule has 3 rings (SSSR count). The van der Waals surface area contributed by atoms with Crippen LogP contribution in [0.3, 0.4) is 0 Å². The van der Waals surface area contributed by atoms with Crippen LogP contribution >= 0.6 is 0 Å². The highest BCUT2D eigenvalue weighted by atomic mass is 16.5. The van der Waals surface area contributed by atoms with Crippen LogP contribution in [0, 0.1) is 0 Å². The Morgan fingerprint density at radius 3 is 2.48 bits per heavy atom. The lowest BCUT2D eigenvalue weighted by Crippen LogP contribution is -2.28. The Labute approximate surface area is 169 Å². The van der Waals surface area contributed by atoms with Crippen molar-refractivity contribution in [1.82, 2.24) is 15.2 Å². The number of methoxy groups -OCH3 is 1. The molecule has 0 saturated carbocycles. The third-order valence-corrected chi connectivity index (χ3v) is 4.67. The van der Waals surface area contributed by atoms with Crippen molar-refractivity contribution in [2.24, 2.45) is 5.10 Å². The Balaban J connectivity index is 1.72. The first-order valence-corrected chi connectivity index (χ1v) is 9.49. The van der Waals surface area contributed by atoms with Gasteiger partial charge in [-0.3, -0.25) is 9.59 Å². The summed E-state index contributed by atoms with van der Waals surface area (Å²) in [5.74, 6) is 0.381. The zero-order valence-electron chi connectivity index (χ0n) is 16.8. The van der Waals surface area contributed by atoms with Crippen LogP contribution in [0.2, 0.25) is 0 Å². The van der Waals surface area contributed by atoms with Crippen molar-refractivity contribution >= 4 is 22.4 Å². The monoisotopic (exact) mass is 392 g/mol. The van der Waals surface area contributed by atoms with Crippen LogP contribution in [0.15, 0.2) is 58.4 Å². The highest BCUT2D eigenvalue weighted by Crippen LogP contribution is 2.14. The molecule has 1 N–H and O–H groups in total. The average molecular weight is 392 g/mol. The summed E-state index contributed by atoms with van der Waals surface area (Å²) in [6.45, 7) is 4.06. The molecular weight excluding hydrogens is 368 g/mol. The van der Waals surface area contributed by atoms with Crippen LogP contribution in [-0.2, 0) is 13.0 Å². The Kier molecular flexibility index (Phi) is 6.39. The molecule has 0 saturated heterocycles. The summed E-state index contributed by atoms with van der Waals surface area (Å²) >= 11 is 0. The van der Waals surface area contributed by atoms with E-state index in [0.29, 0.717) is 23.7 Å². The average Bonchev–Trinajstić information content (AvgIpc) is 2.76. The predicted octanol–water partition coefficient (Wildman–Crippen LogP) is 3.16. The van der Waals surface area contributed by atoms with Crippen molar-refractivity contribution in [3.8, 4) is 5.75 Å². The number of hydrogen-bond acceptors (Lipinski definition) is 5. The maximum atomic E-state index is 12.7. The van der Waals surface area contributed by atoms with E-state index in [0.717, 1.165) is 23.4 Å². The highest BCUT2D eigenvalue weighted by Gasteiger charge is 2.15. The van der Waals surface area contributed by atoms with Gasteiger partial charge in [0.15, 0.2) is 5.69 Å². The van der Waals surface area contributed by atoms with Crippen LogP contribution in [0.25, 0.3) is 10.8 Å². The summed E-state index contributed by atoms with van der Waals surface area (Å²) in [6.07, 6.45) is 1.51. The van der Waals surface area contributed by atoms with Gasteiger partial charge in [-0.2, -0.15) is 10.2 Å². The molecule has 0 bridgehead atoms. The molecule has 0 spiro atoms. The van der Waals surface area contributed by atoms with E-state index in [-0.39, 0.29) is 11.3 Å². The lowest BCUT2D eigenvalue weighted by molar-refractivity contribution is 0.0949. The molecule has 0 radical (unpaired) electrons. The van der Waals surface area contributed by atoms with Gasteiger partial charge in [0, 0.05) is 17.6 Å². The molecule has 0 unspecified atom stereocenters. The molecule has 0 fully saturated rings. The second kappa shape index (κ2) is 9.14.